The molecule has 0 amide bonds. The van der Waals surface area contributed by atoms with Crippen molar-refractivity contribution < 1.29 is 4.74 Å². The van der Waals surface area contributed by atoms with E-state index in [9.17, 15) is 0 Å². The van der Waals surface area contributed by atoms with E-state index in [0.717, 1.165) is 41.9 Å². The van der Waals surface area contributed by atoms with Crippen LogP contribution in [-0.2, 0) is 13.0 Å². The largest absolute Gasteiger partial charge is 0.457 e. The molecular formula is C18H22BrNO. The van der Waals surface area contributed by atoms with Gasteiger partial charge in [0.15, 0.2) is 0 Å². The van der Waals surface area contributed by atoms with E-state index in [1.54, 1.807) is 0 Å². The quantitative estimate of drug-likeness (QED) is 0.685. The summed E-state index contributed by atoms with van der Waals surface area (Å²) in [6.45, 7) is 6.22. The fraction of sp³-hybridized carbons (Fsp3) is 0.333. The number of aryl methyl sites for hydroxylation is 1. The smallest absolute Gasteiger partial charge is 0.130 e. The van der Waals surface area contributed by atoms with E-state index in [4.69, 9.17) is 4.74 Å². The Labute approximate surface area is 135 Å². The lowest BCUT2D eigenvalue weighted by Crippen LogP contribution is -2.14. The van der Waals surface area contributed by atoms with Crippen molar-refractivity contribution in [3.63, 3.8) is 0 Å². The van der Waals surface area contributed by atoms with Crippen molar-refractivity contribution in [2.24, 2.45) is 0 Å². The van der Waals surface area contributed by atoms with Crippen LogP contribution in [0.5, 0.6) is 11.5 Å². The van der Waals surface area contributed by atoms with E-state index in [-0.39, 0.29) is 0 Å². The summed E-state index contributed by atoms with van der Waals surface area (Å²) in [6, 6.07) is 14.3. The van der Waals surface area contributed by atoms with Gasteiger partial charge in [0, 0.05) is 11.0 Å². The molecule has 0 saturated heterocycles. The molecule has 0 aliphatic heterocycles. The van der Waals surface area contributed by atoms with Gasteiger partial charge in [-0.2, -0.15) is 0 Å². The van der Waals surface area contributed by atoms with Crippen LogP contribution in [0.15, 0.2) is 46.9 Å². The number of halogens is 1. The van der Waals surface area contributed by atoms with Gasteiger partial charge >= 0.3 is 0 Å². The van der Waals surface area contributed by atoms with Crippen molar-refractivity contribution >= 4 is 15.9 Å². The van der Waals surface area contributed by atoms with Gasteiger partial charge in [-0.05, 0) is 48.7 Å². The van der Waals surface area contributed by atoms with E-state index in [2.05, 4.69) is 47.2 Å². The third kappa shape index (κ3) is 4.58. The van der Waals surface area contributed by atoms with Crippen molar-refractivity contribution in [2.45, 2.75) is 33.2 Å². The molecule has 2 aromatic carbocycles. The highest BCUT2D eigenvalue weighted by Crippen LogP contribution is 2.29. The van der Waals surface area contributed by atoms with Gasteiger partial charge in [-0.3, -0.25) is 0 Å². The Morgan fingerprint density at radius 1 is 1.05 bits per heavy atom. The predicted molar refractivity (Wildman–Crippen MR) is 92.0 cm³/mol. The zero-order valence-corrected chi connectivity index (χ0v) is 14.2. The highest BCUT2D eigenvalue weighted by Gasteiger charge is 2.05. The van der Waals surface area contributed by atoms with Crippen molar-refractivity contribution in [1.82, 2.24) is 5.32 Å². The summed E-state index contributed by atoms with van der Waals surface area (Å²) in [5.74, 6) is 1.80. The topological polar surface area (TPSA) is 21.3 Å². The standard InChI is InChI=1S/C18H22BrNO/c1-3-11-20-13-15-9-10-16(12-17(15)19)21-18-8-6-5-7-14(18)4-2/h5-10,12,20H,3-4,11,13H2,1-2H3. The van der Waals surface area contributed by atoms with Gasteiger partial charge in [0.1, 0.15) is 11.5 Å². The van der Waals surface area contributed by atoms with Crippen LogP contribution < -0.4 is 10.1 Å². The fourth-order valence-electron chi connectivity index (χ4n) is 2.16. The second kappa shape index (κ2) is 8.20. The molecule has 0 heterocycles. The number of hydrogen-bond donors (Lipinski definition) is 1. The minimum absolute atomic E-state index is 0.863. The van der Waals surface area contributed by atoms with Crippen LogP contribution in [-0.4, -0.2) is 6.54 Å². The Morgan fingerprint density at radius 3 is 2.57 bits per heavy atom. The number of rotatable bonds is 7. The van der Waals surface area contributed by atoms with Gasteiger partial charge in [0.05, 0.1) is 0 Å². The first-order chi connectivity index (χ1) is 10.2. The lowest BCUT2D eigenvalue weighted by atomic mass is 10.1. The number of hydrogen-bond acceptors (Lipinski definition) is 2. The van der Waals surface area contributed by atoms with E-state index >= 15 is 0 Å². The number of ether oxygens (including phenoxy) is 1. The third-order valence-electron chi connectivity index (χ3n) is 3.35. The molecule has 0 spiro atoms. The first-order valence-corrected chi connectivity index (χ1v) is 8.28. The molecule has 2 rings (SSSR count). The molecule has 0 fully saturated rings. The molecule has 112 valence electrons. The summed E-state index contributed by atoms with van der Waals surface area (Å²) >= 11 is 3.63. The molecule has 0 aromatic heterocycles. The SMILES string of the molecule is CCCNCc1ccc(Oc2ccccc2CC)cc1Br. The second-order valence-electron chi connectivity index (χ2n) is 4.99. The normalized spacial score (nSPS) is 10.6. The summed E-state index contributed by atoms with van der Waals surface area (Å²) in [5, 5.41) is 3.41. The highest BCUT2D eigenvalue weighted by molar-refractivity contribution is 9.10. The van der Waals surface area contributed by atoms with E-state index in [0.29, 0.717) is 0 Å². The lowest BCUT2D eigenvalue weighted by Gasteiger charge is -2.12. The Balaban J connectivity index is 2.09. The lowest BCUT2D eigenvalue weighted by molar-refractivity contribution is 0.476. The van der Waals surface area contributed by atoms with E-state index in [1.807, 2.05) is 30.3 Å². The molecule has 21 heavy (non-hydrogen) atoms. The molecular weight excluding hydrogens is 326 g/mol. The Bertz CT molecular complexity index is 583. The summed E-state index contributed by atoms with van der Waals surface area (Å²) < 4.78 is 7.09. The zero-order valence-electron chi connectivity index (χ0n) is 12.7. The monoisotopic (exact) mass is 347 g/mol. The number of nitrogens with one attached hydrogen (secondary N) is 1. The highest BCUT2D eigenvalue weighted by atomic mass is 79.9. The third-order valence-corrected chi connectivity index (χ3v) is 4.09. The van der Waals surface area contributed by atoms with Crippen molar-refractivity contribution in [2.75, 3.05) is 6.54 Å². The molecule has 0 atom stereocenters. The van der Waals surface area contributed by atoms with Crippen molar-refractivity contribution in [1.29, 1.82) is 0 Å². The average Bonchev–Trinajstić information content (AvgIpc) is 2.50. The summed E-state index contributed by atoms with van der Waals surface area (Å²) in [6.07, 6.45) is 2.11. The second-order valence-corrected chi connectivity index (χ2v) is 5.85. The summed E-state index contributed by atoms with van der Waals surface area (Å²) in [4.78, 5) is 0. The molecule has 0 aliphatic carbocycles. The minimum Gasteiger partial charge on any atom is -0.457 e. The van der Waals surface area contributed by atoms with Crippen LogP contribution in [0.2, 0.25) is 0 Å². The van der Waals surface area contributed by atoms with E-state index < -0.39 is 0 Å². The first-order valence-electron chi connectivity index (χ1n) is 7.49. The van der Waals surface area contributed by atoms with Gasteiger partial charge < -0.3 is 10.1 Å². The Hall–Kier alpha value is -1.32. The van der Waals surface area contributed by atoms with E-state index in [1.165, 1.54) is 11.1 Å². The fourth-order valence-corrected chi connectivity index (χ4v) is 2.66. The van der Waals surface area contributed by atoms with Crippen LogP contribution >= 0.6 is 15.9 Å². The number of para-hydroxylation sites is 1. The van der Waals surface area contributed by atoms with Crippen molar-refractivity contribution in [3.05, 3.63) is 58.1 Å². The average molecular weight is 348 g/mol. The molecule has 2 nitrogen and oxygen atoms in total. The summed E-state index contributed by atoms with van der Waals surface area (Å²) in [7, 11) is 0. The molecule has 0 aliphatic rings. The van der Waals surface area contributed by atoms with Crippen LogP contribution in [0.1, 0.15) is 31.4 Å². The first kappa shape index (κ1) is 16.1. The molecule has 0 unspecified atom stereocenters. The van der Waals surface area contributed by atoms with Crippen molar-refractivity contribution in [3.8, 4) is 11.5 Å². The van der Waals surface area contributed by atoms with Gasteiger partial charge in [-0.15, -0.1) is 0 Å². The Kier molecular flexibility index (Phi) is 6.27. The maximum atomic E-state index is 6.01. The minimum atomic E-state index is 0.863. The van der Waals surface area contributed by atoms with Gasteiger partial charge in [0.2, 0.25) is 0 Å². The predicted octanol–water partition coefficient (Wildman–Crippen LogP) is 5.30. The molecule has 3 heteroatoms. The maximum absolute atomic E-state index is 6.01. The van der Waals surface area contributed by atoms with Gasteiger partial charge in [-0.25, -0.2) is 0 Å². The Morgan fingerprint density at radius 2 is 1.86 bits per heavy atom. The van der Waals surface area contributed by atoms with Gasteiger partial charge in [0.25, 0.3) is 0 Å². The molecule has 2 aromatic rings. The zero-order chi connectivity index (χ0) is 15.1. The number of benzene rings is 2. The van der Waals surface area contributed by atoms with Crippen LogP contribution in [0.4, 0.5) is 0 Å². The van der Waals surface area contributed by atoms with Crippen LogP contribution in [0, 0.1) is 0 Å². The van der Waals surface area contributed by atoms with Gasteiger partial charge in [-0.1, -0.05) is 54.0 Å². The maximum Gasteiger partial charge on any atom is 0.130 e. The molecule has 0 radical (unpaired) electrons. The van der Waals surface area contributed by atoms with Crippen LogP contribution in [0.3, 0.4) is 0 Å². The van der Waals surface area contributed by atoms with Crippen LogP contribution in [0.25, 0.3) is 0 Å². The summed E-state index contributed by atoms with van der Waals surface area (Å²) in [5.41, 5.74) is 2.47. The molecule has 1 N–H and O–H groups in total. The molecule has 0 bridgehead atoms. The molecule has 0 saturated carbocycles.